The number of aryl methyl sites for hydroxylation is 1. The van der Waals surface area contributed by atoms with Crippen molar-refractivity contribution in [3.05, 3.63) is 21.4 Å². The van der Waals surface area contributed by atoms with Gasteiger partial charge in [-0.25, -0.2) is 4.98 Å². The van der Waals surface area contributed by atoms with Crippen molar-refractivity contribution in [2.24, 2.45) is 0 Å². The lowest BCUT2D eigenvalue weighted by Gasteiger charge is -1.96. The molecule has 2 nitrogen and oxygen atoms in total. The number of aromatic nitrogens is 1. The minimum absolute atomic E-state index is 0.627. The molecule has 0 aromatic carbocycles. The molecule has 3 heteroatoms. The van der Waals surface area contributed by atoms with Crippen molar-refractivity contribution in [3.63, 3.8) is 0 Å². The van der Waals surface area contributed by atoms with Crippen LogP contribution in [-0.2, 0) is 0 Å². The van der Waals surface area contributed by atoms with E-state index in [1.807, 2.05) is 19.1 Å². The van der Waals surface area contributed by atoms with Crippen LogP contribution in [0.25, 0.3) is 0 Å². The lowest BCUT2D eigenvalue weighted by atomic mass is 10.3. The van der Waals surface area contributed by atoms with Gasteiger partial charge in [0, 0.05) is 0 Å². The second-order valence-corrected chi connectivity index (χ2v) is 2.94. The zero-order valence-electron chi connectivity index (χ0n) is 5.06. The monoisotopic (exact) mass is 234 g/mol. The van der Waals surface area contributed by atoms with Gasteiger partial charge in [0.1, 0.15) is 9.52 Å². The molecule has 0 aliphatic heterocycles. The predicted octanol–water partition coefficient (Wildman–Crippen LogP) is 1.58. The first-order valence-electron chi connectivity index (χ1n) is 2.59. The van der Waals surface area contributed by atoms with Crippen LogP contribution in [0.2, 0.25) is 0 Å². The Morgan fingerprint density at radius 3 is 2.67 bits per heavy atom. The molecule has 0 spiro atoms. The topological polar surface area (TPSA) is 38.9 Å². The second-order valence-electron chi connectivity index (χ2n) is 1.84. The number of pyridine rings is 1. The van der Waals surface area contributed by atoms with E-state index in [1.165, 1.54) is 0 Å². The summed E-state index contributed by atoms with van der Waals surface area (Å²) in [6.07, 6.45) is 0. The number of nitrogens with zero attached hydrogens (tertiary/aromatic N) is 1. The Bertz CT molecular complexity index is 222. The SMILES string of the molecule is Cc1ccc(I)nc1N. The van der Waals surface area contributed by atoms with Gasteiger partial charge in [0.15, 0.2) is 0 Å². The van der Waals surface area contributed by atoms with Gasteiger partial charge in [-0.15, -0.1) is 0 Å². The highest BCUT2D eigenvalue weighted by Crippen LogP contribution is 2.08. The van der Waals surface area contributed by atoms with Crippen molar-refractivity contribution >= 4 is 28.4 Å². The van der Waals surface area contributed by atoms with Gasteiger partial charge in [-0.05, 0) is 41.1 Å². The molecular weight excluding hydrogens is 227 g/mol. The first-order valence-corrected chi connectivity index (χ1v) is 3.66. The number of halogens is 1. The molecule has 0 unspecified atom stereocenters. The molecule has 1 aromatic heterocycles. The van der Waals surface area contributed by atoms with Gasteiger partial charge in [-0.3, -0.25) is 0 Å². The van der Waals surface area contributed by atoms with Crippen LogP contribution in [0.5, 0.6) is 0 Å². The minimum atomic E-state index is 0.627. The van der Waals surface area contributed by atoms with Crippen LogP contribution in [0.1, 0.15) is 5.56 Å². The summed E-state index contributed by atoms with van der Waals surface area (Å²) in [5, 5.41) is 0. The molecule has 0 radical (unpaired) electrons. The van der Waals surface area contributed by atoms with Gasteiger partial charge in [0.2, 0.25) is 0 Å². The number of rotatable bonds is 0. The number of anilines is 1. The number of hydrogen-bond donors (Lipinski definition) is 1. The maximum absolute atomic E-state index is 5.50. The van der Waals surface area contributed by atoms with E-state index >= 15 is 0 Å². The molecule has 0 saturated carbocycles. The lowest BCUT2D eigenvalue weighted by Crippen LogP contribution is -1.94. The number of nitrogen functional groups attached to an aromatic ring is 1. The molecule has 0 aliphatic rings. The second kappa shape index (κ2) is 2.51. The standard InChI is InChI=1S/C6H7IN2/c1-4-2-3-5(7)9-6(4)8/h2-3H,1H3,(H2,8,9). The molecule has 0 aliphatic carbocycles. The molecule has 0 fully saturated rings. The molecule has 0 saturated heterocycles. The molecule has 48 valence electrons. The smallest absolute Gasteiger partial charge is 0.127 e. The van der Waals surface area contributed by atoms with Gasteiger partial charge >= 0.3 is 0 Å². The van der Waals surface area contributed by atoms with Crippen molar-refractivity contribution < 1.29 is 0 Å². The fourth-order valence-electron chi connectivity index (χ4n) is 0.520. The fourth-order valence-corrected chi connectivity index (χ4v) is 0.959. The Morgan fingerprint density at radius 2 is 2.22 bits per heavy atom. The van der Waals surface area contributed by atoms with Crippen LogP contribution < -0.4 is 5.73 Å². The van der Waals surface area contributed by atoms with Crippen LogP contribution in [-0.4, -0.2) is 4.98 Å². The van der Waals surface area contributed by atoms with E-state index in [2.05, 4.69) is 27.6 Å². The maximum Gasteiger partial charge on any atom is 0.127 e. The van der Waals surface area contributed by atoms with Crippen molar-refractivity contribution in [1.82, 2.24) is 4.98 Å². The van der Waals surface area contributed by atoms with Gasteiger partial charge < -0.3 is 5.73 Å². The Hall–Kier alpha value is -0.320. The number of nitrogens with two attached hydrogens (primary N) is 1. The van der Waals surface area contributed by atoms with Crippen LogP contribution in [0.15, 0.2) is 12.1 Å². The van der Waals surface area contributed by atoms with E-state index in [4.69, 9.17) is 5.73 Å². The molecule has 0 bridgehead atoms. The largest absolute Gasteiger partial charge is 0.383 e. The third kappa shape index (κ3) is 1.54. The van der Waals surface area contributed by atoms with Crippen molar-refractivity contribution in [3.8, 4) is 0 Å². The third-order valence-electron chi connectivity index (χ3n) is 1.10. The van der Waals surface area contributed by atoms with Crippen LogP contribution in [0.4, 0.5) is 5.82 Å². The fraction of sp³-hybridized carbons (Fsp3) is 0.167. The first kappa shape index (κ1) is 6.80. The van der Waals surface area contributed by atoms with E-state index in [1.54, 1.807) is 0 Å². The summed E-state index contributed by atoms with van der Waals surface area (Å²) in [4.78, 5) is 4.04. The maximum atomic E-state index is 5.50. The Balaban J connectivity index is 3.17. The normalized spacial score (nSPS) is 9.56. The molecule has 1 aromatic rings. The predicted molar refractivity (Wildman–Crippen MR) is 46.1 cm³/mol. The van der Waals surface area contributed by atoms with Gasteiger partial charge in [0.25, 0.3) is 0 Å². The zero-order valence-corrected chi connectivity index (χ0v) is 7.21. The third-order valence-corrected chi connectivity index (χ3v) is 1.70. The number of hydrogen-bond acceptors (Lipinski definition) is 2. The molecule has 0 atom stereocenters. The summed E-state index contributed by atoms with van der Waals surface area (Å²) in [6.45, 7) is 1.94. The molecule has 9 heavy (non-hydrogen) atoms. The summed E-state index contributed by atoms with van der Waals surface area (Å²) < 4.78 is 0.940. The van der Waals surface area contributed by atoms with Crippen LogP contribution in [0, 0.1) is 10.6 Å². The Labute approximate surface area is 67.6 Å². The highest BCUT2D eigenvalue weighted by molar-refractivity contribution is 14.1. The minimum Gasteiger partial charge on any atom is -0.383 e. The summed E-state index contributed by atoms with van der Waals surface area (Å²) in [5.74, 6) is 0.627. The van der Waals surface area contributed by atoms with Crippen LogP contribution >= 0.6 is 22.6 Å². The van der Waals surface area contributed by atoms with Gasteiger partial charge in [-0.1, -0.05) is 6.07 Å². The lowest BCUT2D eigenvalue weighted by molar-refractivity contribution is 1.24. The Morgan fingerprint density at radius 1 is 1.56 bits per heavy atom. The average molecular weight is 234 g/mol. The molecule has 0 amide bonds. The van der Waals surface area contributed by atoms with Gasteiger partial charge in [0.05, 0.1) is 0 Å². The van der Waals surface area contributed by atoms with E-state index in [-0.39, 0.29) is 0 Å². The summed E-state index contributed by atoms with van der Waals surface area (Å²) >= 11 is 2.13. The molecular formula is C6H7IN2. The van der Waals surface area contributed by atoms with E-state index in [0.29, 0.717) is 5.82 Å². The van der Waals surface area contributed by atoms with Crippen molar-refractivity contribution in [2.75, 3.05) is 5.73 Å². The van der Waals surface area contributed by atoms with E-state index < -0.39 is 0 Å². The van der Waals surface area contributed by atoms with E-state index in [9.17, 15) is 0 Å². The average Bonchev–Trinajstić information content (AvgIpc) is 1.80. The van der Waals surface area contributed by atoms with Crippen LogP contribution in [0.3, 0.4) is 0 Å². The molecule has 1 heterocycles. The van der Waals surface area contributed by atoms with Crippen molar-refractivity contribution in [2.45, 2.75) is 6.92 Å². The zero-order chi connectivity index (χ0) is 6.85. The highest BCUT2D eigenvalue weighted by Gasteiger charge is 1.92. The molecule has 1 rings (SSSR count). The highest BCUT2D eigenvalue weighted by atomic mass is 127. The Kier molecular flexibility index (Phi) is 1.90. The summed E-state index contributed by atoms with van der Waals surface area (Å²) in [7, 11) is 0. The van der Waals surface area contributed by atoms with E-state index in [0.717, 1.165) is 9.26 Å². The summed E-state index contributed by atoms with van der Waals surface area (Å²) in [5.41, 5.74) is 6.54. The first-order chi connectivity index (χ1) is 4.20. The van der Waals surface area contributed by atoms with Crippen molar-refractivity contribution in [1.29, 1.82) is 0 Å². The van der Waals surface area contributed by atoms with Gasteiger partial charge in [-0.2, -0.15) is 0 Å². The quantitative estimate of drug-likeness (QED) is 0.546. The molecule has 2 N–H and O–H groups in total. The summed E-state index contributed by atoms with van der Waals surface area (Å²) in [6, 6.07) is 3.90.